The Hall–Kier alpha value is -2.36. The summed E-state index contributed by atoms with van der Waals surface area (Å²) in [5, 5.41) is 22.2. The largest absolute Gasteiger partial charge is 0.508 e. The van der Waals surface area contributed by atoms with Gasteiger partial charge in [0.15, 0.2) is 0 Å². The van der Waals surface area contributed by atoms with E-state index in [1.807, 2.05) is 13.0 Å². The van der Waals surface area contributed by atoms with Gasteiger partial charge >= 0.3 is 0 Å². The number of aromatic hydroxyl groups is 2. The number of nitrogen functional groups attached to an aromatic ring is 1. The van der Waals surface area contributed by atoms with Gasteiger partial charge < -0.3 is 21.3 Å². The first-order valence-electron chi connectivity index (χ1n) is 5.21. The van der Waals surface area contributed by atoms with Crippen LogP contribution in [0.4, 0.5) is 17.1 Å². The van der Waals surface area contributed by atoms with E-state index >= 15 is 0 Å². The third kappa shape index (κ3) is 2.42. The van der Waals surface area contributed by atoms with Crippen LogP contribution in [-0.2, 0) is 0 Å². The molecule has 17 heavy (non-hydrogen) atoms. The molecule has 0 radical (unpaired) electrons. The Balaban J connectivity index is 2.28. The molecule has 0 aromatic heterocycles. The van der Waals surface area contributed by atoms with Crippen LogP contribution in [0.15, 0.2) is 36.4 Å². The van der Waals surface area contributed by atoms with Gasteiger partial charge in [0.2, 0.25) is 0 Å². The Morgan fingerprint density at radius 1 is 1.00 bits per heavy atom. The van der Waals surface area contributed by atoms with Crippen molar-refractivity contribution in [3.8, 4) is 11.5 Å². The molecule has 5 N–H and O–H groups in total. The van der Waals surface area contributed by atoms with Gasteiger partial charge in [0, 0.05) is 23.5 Å². The molecule has 0 saturated heterocycles. The first-order valence-corrected chi connectivity index (χ1v) is 5.21. The predicted molar refractivity (Wildman–Crippen MR) is 68.6 cm³/mol. The quantitative estimate of drug-likeness (QED) is 0.472. The Bertz CT molecular complexity index is 553. The van der Waals surface area contributed by atoms with Crippen molar-refractivity contribution in [3.05, 3.63) is 42.0 Å². The van der Waals surface area contributed by atoms with Crippen LogP contribution in [-0.4, -0.2) is 10.2 Å². The number of anilines is 3. The van der Waals surface area contributed by atoms with Crippen molar-refractivity contribution in [2.75, 3.05) is 11.1 Å². The summed E-state index contributed by atoms with van der Waals surface area (Å²) < 4.78 is 0. The maximum Gasteiger partial charge on any atom is 0.141 e. The number of nitrogens with two attached hydrogens (primary N) is 1. The lowest BCUT2D eigenvalue weighted by atomic mass is 10.2. The Morgan fingerprint density at radius 2 is 1.76 bits per heavy atom. The Kier molecular flexibility index (Phi) is 2.78. The van der Waals surface area contributed by atoms with Gasteiger partial charge in [0.05, 0.1) is 5.69 Å². The zero-order valence-corrected chi connectivity index (χ0v) is 9.44. The van der Waals surface area contributed by atoms with Gasteiger partial charge in [-0.25, -0.2) is 0 Å². The molecule has 0 spiro atoms. The molecule has 0 fully saturated rings. The first kappa shape index (κ1) is 11.1. The van der Waals surface area contributed by atoms with Gasteiger partial charge in [-0.15, -0.1) is 0 Å². The molecule has 4 nitrogen and oxygen atoms in total. The van der Waals surface area contributed by atoms with E-state index < -0.39 is 0 Å². The SMILES string of the molecule is Cc1ccc(Nc2ccc(N)cc2O)cc1O. The van der Waals surface area contributed by atoms with Gasteiger partial charge in [-0.1, -0.05) is 6.07 Å². The second-order valence-corrected chi connectivity index (χ2v) is 3.90. The van der Waals surface area contributed by atoms with Gasteiger partial charge in [-0.3, -0.25) is 0 Å². The van der Waals surface area contributed by atoms with Crippen LogP contribution < -0.4 is 11.1 Å². The molecule has 0 atom stereocenters. The molecule has 0 amide bonds. The highest BCUT2D eigenvalue weighted by atomic mass is 16.3. The molecule has 0 unspecified atom stereocenters. The summed E-state index contributed by atoms with van der Waals surface area (Å²) in [6, 6.07) is 10.1. The van der Waals surface area contributed by atoms with Gasteiger partial charge in [0.25, 0.3) is 0 Å². The van der Waals surface area contributed by atoms with Crippen LogP contribution in [0.25, 0.3) is 0 Å². The second-order valence-electron chi connectivity index (χ2n) is 3.90. The lowest BCUT2D eigenvalue weighted by Crippen LogP contribution is -1.92. The number of nitrogens with one attached hydrogen (secondary N) is 1. The van der Waals surface area contributed by atoms with E-state index in [2.05, 4.69) is 5.32 Å². The predicted octanol–water partition coefficient (Wildman–Crippen LogP) is 2.73. The number of benzene rings is 2. The van der Waals surface area contributed by atoms with Crippen molar-refractivity contribution in [2.24, 2.45) is 0 Å². The van der Waals surface area contributed by atoms with Crippen LogP contribution in [0.2, 0.25) is 0 Å². The average molecular weight is 230 g/mol. The molecule has 0 aliphatic carbocycles. The summed E-state index contributed by atoms with van der Waals surface area (Å²) in [6.07, 6.45) is 0. The minimum atomic E-state index is 0.0741. The molecule has 4 heteroatoms. The summed E-state index contributed by atoms with van der Waals surface area (Å²) >= 11 is 0. The first-order chi connectivity index (χ1) is 8.06. The molecule has 88 valence electrons. The Labute approximate surface area is 99.3 Å². The van der Waals surface area contributed by atoms with Crippen molar-refractivity contribution in [2.45, 2.75) is 6.92 Å². The second kappa shape index (κ2) is 4.25. The van der Waals surface area contributed by atoms with E-state index in [1.165, 1.54) is 6.07 Å². The fourth-order valence-electron chi connectivity index (χ4n) is 1.50. The third-order valence-electron chi connectivity index (χ3n) is 2.51. The number of phenolic OH excluding ortho intramolecular Hbond substituents is 2. The van der Waals surface area contributed by atoms with E-state index in [0.29, 0.717) is 17.1 Å². The Morgan fingerprint density at radius 3 is 2.41 bits per heavy atom. The topological polar surface area (TPSA) is 78.5 Å². The molecule has 2 aromatic carbocycles. The highest BCUT2D eigenvalue weighted by Crippen LogP contribution is 2.30. The van der Waals surface area contributed by atoms with E-state index in [-0.39, 0.29) is 11.5 Å². The lowest BCUT2D eigenvalue weighted by molar-refractivity contribution is 0.471. The maximum absolute atomic E-state index is 9.67. The van der Waals surface area contributed by atoms with Crippen LogP contribution in [0, 0.1) is 6.92 Å². The number of hydrogen-bond acceptors (Lipinski definition) is 4. The van der Waals surface area contributed by atoms with Crippen molar-refractivity contribution in [1.82, 2.24) is 0 Å². The van der Waals surface area contributed by atoms with Gasteiger partial charge in [-0.05, 0) is 30.7 Å². The van der Waals surface area contributed by atoms with Gasteiger partial charge in [0.1, 0.15) is 11.5 Å². The standard InChI is InChI=1S/C13H14N2O2/c1-8-2-4-10(7-12(8)16)15-11-5-3-9(14)6-13(11)17/h2-7,15-17H,14H2,1H3. The van der Waals surface area contributed by atoms with E-state index in [0.717, 1.165) is 5.56 Å². The fourth-order valence-corrected chi connectivity index (χ4v) is 1.50. The van der Waals surface area contributed by atoms with Gasteiger partial charge in [-0.2, -0.15) is 0 Å². The van der Waals surface area contributed by atoms with Crippen molar-refractivity contribution in [1.29, 1.82) is 0 Å². The number of aryl methyl sites for hydroxylation is 1. The van der Waals surface area contributed by atoms with E-state index in [9.17, 15) is 10.2 Å². The zero-order chi connectivity index (χ0) is 12.4. The third-order valence-corrected chi connectivity index (χ3v) is 2.51. The highest BCUT2D eigenvalue weighted by Gasteiger charge is 2.03. The van der Waals surface area contributed by atoms with Crippen molar-refractivity contribution < 1.29 is 10.2 Å². The molecule has 0 aliphatic heterocycles. The monoisotopic (exact) mass is 230 g/mol. The molecule has 0 heterocycles. The van der Waals surface area contributed by atoms with Crippen LogP contribution in [0.5, 0.6) is 11.5 Å². The van der Waals surface area contributed by atoms with Crippen LogP contribution in [0.3, 0.4) is 0 Å². The van der Waals surface area contributed by atoms with Crippen LogP contribution in [0.1, 0.15) is 5.56 Å². The molecule has 0 saturated carbocycles. The smallest absolute Gasteiger partial charge is 0.141 e. The normalized spacial score (nSPS) is 10.2. The molecular formula is C13H14N2O2. The molecule has 0 bridgehead atoms. The van der Waals surface area contributed by atoms with Crippen molar-refractivity contribution in [3.63, 3.8) is 0 Å². The summed E-state index contributed by atoms with van der Waals surface area (Å²) in [6.45, 7) is 1.82. The summed E-state index contributed by atoms with van der Waals surface area (Å²) in [5.74, 6) is 0.287. The number of hydrogen-bond donors (Lipinski definition) is 4. The number of rotatable bonds is 2. The minimum absolute atomic E-state index is 0.0741. The van der Waals surface area contributed by atoms with E-state index in [1.54, 1.807) is 24.3 Å². The maximum atomic E-state index is 9.67. The minimum Gasteiger partial charge on any atom is -0.508 e. The number of phenols is 2. The molecule has 2 aromatic rings. The molecule has 2 rings (SSSR count). The average Bonchev–Trinajstić information content (AvgIpc) is 2.27. The summed E-state index contributed by atoms with van der Waals surface area (Å²) in [4.78, 5) is 0. The highest BCUT2D eigenvalue weighted by molar-refractivity contribution is 5.69. The summed E-state index contributed by atoms with van der Waals surface area (Å²) in [7, 11) is 0. The van der Waals surface area contributed by atoms with Crippen LogP contribution >= 0.6 is 0 Å². The fraction of sp³-hybridized carbons (Fsp3) is 0.0769. The molecular weight excluding hydrogens is 216 g/mol. The van der Waals surface area contributed by atoms with Crippen molar-refractivity contribution >= 4 is 17.1 Å². The molecule has 0 aliphatic rings. The summed E-state index contributed by atoms with van der Waals surface area (Å²) in [5.41, 5.74) is 8.09. The lowest BCUT2D eigenvalue weighted by Gasteiger charge is -2.10. The zero-order valence-electron chi connectivity index (χ0n) is 9.44. The van der Waals surface area contributed by atoms with E-state index in [4.69, 9.17) is 5.73 Å².